The molecule has 114 valence electrons. The van der Waals surface area contributed by atoms with Crippen molar-refractivity contribution in [3.05, 3.63) is 0 Å². The zero-order chi connectivity index (χ0) is 14.9. The molecule has 0 radical (unpaired) electrons. The number of rotatable bonds is 11. The van der Waals surface area contributed by atoms with E-state index in [1.54, 1.807) is 10.6 Å². The molecule has 0 heterocycles. The fourth-order valence-electron chi connectivity index (χ4n) is 3.26. The maximum Gasteiger partial charge on any atom is 0.269 e. The third-order valence-electron chi connectivity index (χ3n) is 4.54. The van der Waals surface area contributed by atoms with Crippen LogP contribution >= 0.6 is 0 Å². The first-order chi connectivity index (χ1) is 8.79. The van der Waals surface area contributed by atoms with Crippen molar-refractivity contribution in [3.8, 4) is 0 Å². The van der Waals surface area contributed by atoms with Crippen molar-refractivity contribution >= 4 is 14.1 Å². The Morgan fingerprint density at radius 2 is 1.26 bits per heavy atom. The monoisotopic (exact) mass is 282 g/mol. The van der Waals surface area contributed by atoms with Gasteiger partial charge in [0.1, 0.15) is 0 Å². The lowest BCUT2D eigenvalue weighted by Crippen LogP contribution is -2.30. The molecule has 0 aromatic carbocycles. The average molecular weight is 282 g/mol. The van der Waals surface area contributed by atoms with Crippen LogP contribution in [-0.4, -0.2) is 14.1 Å². The van der Waals surface area contributed by atoms with Crippen molar-refractivity contribution in [1.82, 2.24) is 0 Å². The van der Waals surface area contributed by atoms with Crippen molar-refractivity contribution < 1.29 is 0 Å². The van der Waals surface area contributed by atoms with Gasteiger partial charge in [-0.15, -0.1) is 0 Å². The first-order valence-corrected chi connectivity index (χ1v) is 11.0. The van der Waals surface area contributed by atoms with Crippen LogP contribution in [0.15, 0.2) is 0 Å². The van der Waals surface area contributed by atoms with Gasteiger partial charge in [-0.05, 0) is 0 Å². The van der Waals surface area contributed by atoms with Gasteiger partial charge in [-0.3, -0.25) is 0 Å². The Morgan fingerprint density at radius 1 is 0.789 bits per heavy atom. The summed E-state index contributed by atoms with van der Waals surface area (Å²) in [7, 11) is 0. The predicted molar refractivity (Wildman–Crippen MR) is 92.5 cm³/mol. The van der Waals surface area contributed by atoms with Gasteiger partial charge in [0.25, 0.3) is 14.1 Å². The number of unbranched alkanes of at least 4 members (excludes halogenated alkanes) is 4. The van der Waals surface area contributed by atoms with Crippen molar-refractivity contribution in [2.45, 2.75) is 102 Å². The summed E-state index contributed by atoms with van der Waals surface area (Å²) in [4.78, 5) is 0. The van der Waals surface area contributed by atoms with Crippen LogP contribution in [0, 0.1) is 11.8 Å². The second-order valence-electron chi connectivity index (χ2n) is 8.11. The highest BCUT2D eigenvalue weighted by molar-refractivity contribution is 6.62. The Balaban J connectivity index is 4.25. The normalized spacial score (nSPS) is 12.5. The van der Waals surface area contributed by atoms with E-state index in [1.807, 2.05) is 0 Å². The molecule has 1 heteroatoms. The van der Waals surface area contributed by atoms with Crippen LogP contribution in [0.5, 0.6) is 0 Å². The summed E-state index contributed by atoms with van der Waals surface area (Å²) >= 11 is -0.617. The minimum absolute atomic E-state index is 0.617. The van der Waals surface area contributed by atoms with E-state index >= 15 is 0 Å². The summed E-state index contributed by atoms with van der Waals surface area (Å²) in [6, 6.07) is 0. The highest BCUT2D eigenvalue weighted by Crippen LogP contribution is 2.40. The molecule has 0 bridgehead atoms. The summed E-state index contributed by atoms with van der Waals surface area (Å²) in [6.45, 7) is 17.1. The largest absolute Gasteiger partial charge is 0.269 e. The van der Waals surface area contributed by atoms with Gasteiger partial charge in [-0.1, -0.05) is 114 Å². The van der Waals surface area contributed by atoms with Crippen LogP contribution in [-0.2, 0) is 0 Å². The molecule has 0 N–H and O–H groups in total. The Bertz CT molecular complexity index is 196. The number of hydrogen-bond acceptors (Lipinski definition) is 0. The summed E-state index contributed by atoms with van der Waals surface area (Å²) in [5.74, 6) is 1.80. The highest BCUT2D eigenvalue weighted by atomic mass is 27.2. The van der Waals surface area contributed by atoms with Gasteiger partial charge in [0, 0.05) is 0 Å². The summed E-state index contributed by atoms with van der Waals surface area (Å²) in [5, 5.41) is 3.08. The molecule has 0 fully saturated rings. The quantitative estimate of drug-likeness (QED) is 0.284. The first-order valence-electron chi connectivity index (χ1n) is 8.79. The van der Waals surface area contributed by atoms with E-state index in [9.17, 15) is 0 Å². The van der Waals surface area contributed by atoms with Crippen molar-refractivity contribution in [3.63, 3.8) is 0 Å². The smallest absolute Gasteiger partial charge is 0.0912 e. The summed E-state index contributed by atoms with van der Waals surface area (Å²) in [6.07, 6.45) is 8.65. The molecule has 0 saturated heterocycles. The van der Waals surface area contributed by atoms with E-state index in [-0.39, 0.29) is 0 Å². The minimum atomic E-state index is -0.617. The fraction of sp³-hybridized carbons (Fsp3) is 1.00. The second kappa shape index (κ2) is 10.3. The second-order valence-corrected chi connectivity index (χ2v) is 12.0. The van der Waals surface area contributed by atoms with Gasteiger partial charge in [-0.2, -0.15) is 0 Å². The molecule has 0 aliphatic rings. The molecule has 0 amide bonds. The van der Waals surface area contributed by atoms with Crippen LogP contribution in [0.4, 0.5) is 0 Å². The molecular weight excluding hydrogens is 243 g/mol. The highest BCUT2D eigenvalue weighted by Gasteiger charge is 2.35. The van der Waals surface area contributed by atoms with Gasteiger partial charge in [-0.25, -0.2) is 0 Å². The van der Waals surface area contributed by atoms with E-state index in [0.29, 0.717) is 4.28 Å². The molecule has 0 rings (SSSR count). The third kappa shape index (κ3) is 9.98. The summed E-state index contributed by atoms with van der Waals surface area (Å²) < 4.78 is 0.667. The van der Waals surface area contributed by atoms with Gasteiger partial charge in [0.15, 0.2) is 0 Å². The Labute approximate surface area is 128 Å². The Kier molecular flexibility index (Phi) is 10.6. The molecule has 0 aliphatic carbocycles. The lowest BCUT2D eigenvalue weighted by molar-refractivity contribution is 0.510. The molecule has 0 nitrogen and oxygen atoms in total. The van der Waals surface area contributed by atoms with Crippen LogP contribution in [0.1, 0.15) is 87.0 Å². The van der Waals surface area contributed by atoms with Crippen molar-refractivity contribution in [2.24, 2.45) is 11.8 Å². The summed E-state index contributed by atoms with van der Waals surface area (Å²) in [5.41, 5.74) is 0. The Morgan fingerprint density at radius 3 is 1.68 bits per heavy atom. The third-order valence-corrected chi connectivity index (χ3v) is 10.1. The molecule has 0 spiro atoms. The standard InChI is InChI=1S/C10H21.2C4H9.Al/c1-4-5-6-7-8-9-10(2)3;2*1-4(2)3;/h4-9H2,1-3H3;2*4H,1H2,2-3H3;. The first kappa shape index (κ1) is 19.5. The maximum absolute atomic E-state index is 2.58. The van der Waals surface area contributed by atoms with E-state index in [0.717, 1.165) is 11.8 Å². The van der Waals surface area contributed by atoms with Crippen molar-refractivity contribution in [1.29, 1.82) is 0 Å². The van der Waals surface area contributed by atoms with Crippen LogP contribution in [0.3, 0.4) is 0 Å². The molecule has 0 aromatic heterocycles. The molecule has 0 unspecified atom stereocenters. The molecule has 0 atom stereocenters. The van der Waals surface area contributed by atoms with Crippen molar-refractivity contribution in [2.75, 3.05) is 0 Å². The average Bonchev–Trinajstić information content (AvgIpc) is 2.26. The minimum Gasteiger partial charge on any atom is -0.0912 e. The lowest BCUT2D eigenvalue weighted by Gasteiger charge is -2.33. The zero-order valence-corrected chi connectivity index (χ0v) is 16.0. The zero-order valence-electron chi connectivity index (χ0n) is 14.9. The van der Waals surface area contributed by atoms with Gasteiger partial charge in [0.2, 0.25) is 0 Å². The molecule has 19 heavy (non-hydrogen) atoms. The van der Waals surface area contributed by atoms with Gasteiger partial charge < -0.3 is 0 Å². The Hall–Kier alpha value is 0.532. The molecule has 0 aliphatic heterocycles. The molecule has 0 saturated carbocycles. The fourth-order valence-corrected chi connectivity index (χ4v) is 7.62. The van der Waals surface area contributed by atoms with E-state index in [2.05, 4.69) is 48.5 Å². The van der Waals surface area contributed by atoms with Crippen LogP contribution in [0.2, 0.25) is 14.8 Å². The number of hydrogen-bond donors (Lipinski definition) is 0. The predicted octanol–water partition coefficient (Wildman–Crippen LogP) is 6.93. The van der Waals surface area contributed by atoms with Crippen LogP contribution < -0.4 is 0 Å². The van der Waals surface area contributed by atoms with E-state index in [1.165, 1.54) is 38.5 Å². The lowest BCUT2D eigenvalue weighted by atomic mass is 10.0. The van der Waals surface area contributed by atoms with Gasteiger partial charge in [0.05, 0.1) is 0 Å². The van der Waals surface area contributed by atoms with Gasteiger partial charge >= 0.3 is 0 Å². The van der Waals surface area contributed by atoms with E-state index in [4.69, 9.17) is 0 Å². The van der Waals surface area contributed by atoms with Crippen LogP contribution in [0.25, 0.3) is 0 Å². The molecule has 0 aromatic rings. The molecular formula is C18H39Al. The maximum atomic E-state index is 2.58. The van der Waals surface area contributed by atoms with E-state index < -0.39 is 14.1 Å². The SMILES string of the molecule is CCCCCCC[C](C)(C)[Al]([CH2]C(C)C)[CH2]C(C)C. The topological polar surface area (TPSA) is 0 Å².